The third kappa shape index (κ3) is 3.74. The minimum atomic E-state index is -0.588. The van der Waals surface area contributed by atoms with Crippen LogP contribution in [0.4, 0.5) is 10.5 Å². The van der Waals surface area contributed by atoms with Crippen LogP contribution in [-0.4, -0.2) is 12.2 Å². The fourth-order valence-electron chi connectivity index (χ4n) is 0.972. The van der Waals surface area contributed by atoms with Crippen molar-refractivity contribution >= 4 is 46.6 Å². The van der Waals surface area contributed by atoms with Crippen molar-refractivity contribution in [3.05, 3.63) is 27.2 Å². The lowest BCUT2D eigenvalue weighted by atomic mass is 10.3. The van der Waals surface area contributed by atoms with E-state index in [1.807, 2.05) is 0 Å². The lowest BCUT2D eigenvalue weighted by Gasteiger charge is -2.11. The maximum atomic E-state index is 11.3. The Kier molecular flexibility index (Phi) is 4.71. The molecule has 1 aromatic rings. The zero-order valence-corrected chi connectivity index (χ0v) is 11.0. The predicted octanol–water partition coefficient (Wildman–Crippen LogP) is 4.60. The van der Waals surface area contributed by atoms with E-state index in [-0.39, 0.29) is 6.10 Å². The first-order chi connectivity index (χ1) is 7.40. The number of amides is 1. The van der Waals surface area contributed by atoms with Gasteiger partial charge in [-0.1, -0.05) is 34.8 Å². The SMILES string of the molecule is CC(C)OC(=O)Nc1cc(Cl)c(Cl)cc1Cl. The first-order valence-corrected chi connectivity index (χ1v) is 5.65. The molecule has 0 atom stereocenters. The van der Waals surface area contributed by atoms with Crippen LogP contribution in [0.15, 0.2) is 12.1 Å². The summed E-state index contributed by atoms with van der Waals surface area (Å²) in [7, 11) is 0. The Balaban J connectivity index is 2.81. The molecule has 0 saturated carbocycles. The molecule has 1 amide bonds. The Morgan fingerprint density at radius 2 is 1.75 bits per heavy atom. The zero-order chi connectivity index (χ0) is 12.3. The van der Waals surface area contributed by atoms with Gasteiger partial charge in [-0.15, -0.1) is 0 Å². The molecular formula is C10H10Cl3NO2. The molecule has 0 spiro atoms. The molecule has 0 aliphatic heterocycles. The maximum Gasteiger partial charge on any atom is 0.411 e. The van der Waals surface area contributed by atoms with Crippen molar-refractivity contribution in [3.8, 4) is 0 Å². The van der Waals surface area contributed by atoms with Crippen LogP contribution in [0.3, 0.4) is 0 Å². The van der Waals surface area contributed by atoms with E-state index >= 15 is 0 Å². The smallest absolute Gasteiger partial charge is 0.411 e. The van der Waals surface area contributed by atoms with Gasteiger partial charge in [0.15, 0.2) is 0 Å². The Labute approximate surface area is 109 Å². The van der Waals surface area contributed by atoms with Gasteiger partial charge >= 0.3 is 6.09 Å². The van der Waals surface area contributed by atoms with Crippen LogP contribution in [0.5, 0.6) is 0 Å². The molecule has 3 nitrogen and oxygen atoms in total. The molecule has 16 heavy (non-hydrogen) atoms. The van der Waals surface area contributed by atoms with Crippen molar-refractivity contribution in [2.45, 2.75) is 20.0 Å². The number of rotatable bonds is 2. The molecule has 0 aliphatic carbocycles. The molecule has 0 fully saturated rings. The zero-order valence-electron chi connectivity index (χ0n) is 8.68. The summed E-state index contributed by atoms with van der Waals surface area (Å²) in [5.74, 6) is 0. The first-order valence-electron chi connectivity index (χ1n) is 4.52. The fraction of sp³-hybridized carbons (Fsp3) is 0.300. The van der Waals surface area contributed by atoms with Crippen LogP contribution < -0.4 is 5.32 Å². The van der Waals surface area contributed by atoms with E-state index in [0.717, 1.165) is 0 Å². The average molecular weight is 283 g/mol. The highest BCUT2D eigenvalue weighted by Gasteiger charge is 2.10. The Bertz CT molecular complexity index is 407. The second-order valence-electron chi connectivity index (χ2n) is 3.33. The summed E-state index contributed by atoms with van der Waals surface area (Å²) < 4.78 is 4.89. The van der Waals surface area contributed by atoms with Crippen molar-refractivity contribution in [2.75, 3.05) is 5.32 Å². The van der Waals surface area contributed by atoms with E-state index in [4.69, 9.17) is 39.5 Å². The Morgan fingerprint density at radius 3 is 2.31 bits per heavy atom. The van der Waals surface area contributed by atoms with Crippen LogP contribution in [0.25, 0.3) is 0 Å². The Hall–Kier alpha value is -0.640. The lowest BCUT2D eigenvalue weighted by molar-refractivity contribution is 0.130. The number of anilines is 1. The molecule has 0 aromatic heterocycles. The molecule has 0 radical (unpaired) electrons. The topological polar surface area (TPSA) is 38.3 Å². The fourth-order valence-corrected chi connectivity index (χ4v) is 1.57. The van der Waals surface area contributed by atoms with E-state index in [9.17, 15) is 4.79 Å². The number of halogens is 3. The number of nitrogens with one attached hydrogen (secondary N) is 1. The van der Waals surface area contributed by atoms with Gasteiger partial charge in [0.1, 0.15) is 0 Å². The number of hydrogen-bond donors (Lipinski definition) is 1. The number of ether oxygens (including phenoxy) is 1. The predicted molar refractivity (Wildman–Crippen MR) is 66.7 cm³/mol. The minimum Gasteiger partial charge on any atom is -0.447 e. The van der Waals surface area contributed by atoms with Gasteiger partial charge in [-0.05, 0) is 26.0 Å². The molecule has 0 aliphatic rings. The number of benzene rings is 1. The summed E-state index contributed by atoms with van der Waals surface area (Å²) >= 11 is 17.4. The number of carbonyl (C=O) groups excluding carboxylic acids is 1. The van der Waals surface area contributed by atoms with Gasteiger partial charge in [0.05, 0.1) is 26.9 Å². The van der Waals surface area contributed by atoms with Gasteiger partial charge in [-0.3, -0.25) is 5.32 Å². The van der Waals surface area contributed by atoms with Gasteiger partial charge in [0, 0.05) is 0 Å². The Morgan fingerprint density at radius 1 is 1.19 bits per heavy atom. The van der Waals surface area contributed by atoms with Crippen molar-refractivity contribution < 1.29 is 9.53 Å². The summed E-state index contributed by atoms with van der Waals surface area (Å²) in [4.78, 5) is 11.3. The second-order valence-corrected chi connectivity index (χ2v) is 4.55. The van der Waals surface area contributed by atoms with Crippen LogP contribution in [-0.2, 0) is 4.74 Å². The molecule has 0 bridgehead atoms. The van der Waals surface area contributed by atoms with Crippen LogP contribution in [0.1, 0.15) is 13.8 Å². The maximum absolute atomic E-state index is 11.3. The van der Waals surface area contributed by atoms with Crippen molar-refractivity contribution in [3.63, 3.8) is 0 Å². The van der Waals surface area contributed by atoms with Crippen molar-refractivity contribution in [2.24, 2.45) is 0 Å². The number of carbonyl (C=O) groups is 1. The van der Waals surface area contributed by atoms with Crippen LogP contribution in [0.2, 0.25) is 15.1 Å². The lowest BCUT2D eigenvalue weighted by Crippen LogP contribution is -2.18. The van der Waals surface area contributed by atoms with Gasteiger partial charge in [0.25, 0.3) is 0 Å². The van der Waals surface area contributed by atoms with Crippen molar-refractivity contribution in [1.82, 2.24) is 0 Å². The summed E-state index contributed by atoms with van der Waals surface area (Å²) in [6.07, 6.45) is -0.795. The van der Waals surface area contributed by atoms with Crippen LogP contribution in [0, 0.1) is 0 Å². The third-order valence-corrected chi connectivity index (χ3v) is 2.62. The summed E-state index contributed by atoms with van der Waals surface area (Å²) in [5.41, 5.74) is 0.363. The standard InChI is InChI=1S/C10H10Cl3NO2/c1-5(2)16-10(15)14-9-4-7(12)6(11)3-8(9)13/h3-5H,1-2H3,(H,14,15). The molecule has 0 saturated heterocycles. The minimum absolute atomic E-state index is 0.207. The van der Waals surface area contributed by atoms with Gasteiger partial charge < -0.3 is 4.74 Å². The summed E-state index contributed by atoms with van der Waals surface area (Å²) in [6, 6.07) is 2.92. The highest BCUT2D eigenvalue weighted by molar-refractivity contribution is 6.44. The normalized spacial score (nSPS) is 10.4. The summed E-state index contributed by atoms with van der Waals surface area (Å²) in [5, 5.41) is 3.41. The molecule has 1 aromatic carbocycles. The molecule has 0 unspecified atom stereocenters. The highest BCUT2D eigenvalue weighted by Crippen LogP contribution is 2.32. The van der Waals surface area contributed by atoms with E-state index in [1.165, 1.54) is 12.1 Å². The van der Waals surface area contributed by atoms with E-state index in [1.54, 1.807) is 13.8 Å². The average Bonchev–Trinajstić information content (AvgIpc) is 2.12. The van der Waals surface area contributed by atoms with Gasteiger partial charge in [0.2, 0.25) is 0 Å². The highest BCUT2D eigenvalue weighted by atomic mass is 35.5. The monoisotopic (exact) mass is 281 g/mol. The van der Waals surface area contributed by atoms with Crippen molar-refractivity contribution in [1.29, 1.82) is 0 Å². The van der Waals surface area contributed by atoms with Crippen LogP contribution >= 0.6 is 34.8 Å². The third-order valence-electron chi connectivity index (χ3n) is 1.59. The molecule has 0 heterocycles. The molecular weight excluding hydrogens is 272 g/mol. The molecule has 6 heteroatoms. The second kappa shape index (κ2) is 5.62. The van der Waals surface area contributed by atoms with E-state index < -0.39 is 6.09 Å². The number of hydrogen-bond acceptors (Lipinski definition) is 2. The molecule has 88 valence electrons. The van der Waals surface area contributed by atoms with E-state index in [2.05, 4.69) is 5.32 Å². The van der Waals surface area contributed by atoms with Gasteiger partial charge in [-0.25, -0.2) is 4.79 Å². The largest absolute Gasteiger partial charge is 0.447 e. The summed E-state index contributed by atoms with van der Waals surface area (Å²) in [6.45, 7) is 3.49. The van der Waals surface area contributed by atoms with Gasteiger partial charge in [-0.2, -0.15) is 0 Å². The molecule has 1 rings (SSSR count). The molecule has 1 N–H and O–H groups in total. The van der Waals surface area contributed by atoms with E-state index in [0.29, 0.717) is 20.8 Å². The quantitative estimate of drug-likeness (QED) is 0.805. The first kappa shape index (κ1) is 13.4.